The summed E-state index contributed by atoms with van der Waals surface area (Å²) in [6, 6.07) is 6.26. The van der Waals surface area contributed by atoms with E-state index in [-0.39, 0.29) is 17.7 Å². The molecule has 1 fully saturated rings. The number of nitrogens with zero attached hydrogens (tertiary/aromatic N) is 1. The minimum absolute atomic E-state index is 0.0846. The van der Waals surface area contributed by atoms with Crippen LogP contribution in [0.1, 0.15) is 10.4 Å². The fourth-order valence-corrected chi connectivity index (χ4v) is 1.92. The summed E-state index contributed by atoms with van der Waals surface area (Å²) in [6.45, 7) is 1.92. The highest BCUT2D eigenvalue weighted by molar-refractivity contribution is 5.94. The monoisotopic (exact) mass is 236 g/mol. The summed E-state index contributed by atoms with van der Waals surface area (Å²) in [7, 11) is 0. The van der Waals surface area contributed by atoms with Crippen LogP contribution >= 0.6 is 0 Å². The quantitative estimate of drug-likeness (QED) is 0.768. The molecule has 5 nitrogen and oxygen atoms in total. The molecule has 92 valence electrons. The van der Waals surface area contributed by atoms with Crippen LogP contribution in [0.4, 0.5) is 0 Å². The lowest BCUT2D eigenvalue weighted by Crippen LogP contribution is -2.52. The number of morpholine rings is 1. The first-order valence-electron chi connectivity index (χ1n) is 5.60. The SMILES string of the molecule is NCC1COCCN1C(=O)c1cccc(O)c1. The maximum Gasteiger partial charge on any atom is 0.254 e. The van der Waals surface area contributed by atoms with E-state index in [1.807, 2.05) is 0 Å². The van der Waals surface area contributed by atoms with Gasteiger partial charge < -0.3 is 20.5 Å². The van der Waals surface area contributed by atoms with E-state index in [0.29, 0.717) is 31.9 Å². The molecule has 3 N–H and O–H groups in total. The number of nitrogens with two attached hydrogens (primary N) is 1. The van der Waals surface area contributed by atoms with Crippen LogP contribution in [0, 0.1) is 0 Å². The van der Waals surface area contributed by atoms with Crippen molar-refractivity contribution in [2.24, 2.45) is 5.73 Å². The second-order valence-electron chi connectivity index (χ2n) is 4.01. The third-order valence-corrected chi connectivity index (χ3v) is 2.85. The molecule has 0 radical (unpaired) electrons. The highest BCUT2D eigenvalue weighted by Gasteiger charge is 2.26. The number of hydrogen-bond donors (Lipinski definition) is 2. The number of phenolic OH excluding ortho intramolecular Hbond substituents is 1. The third-order valence-electron chi connectivity index (χ3n) is 2.85. The van der Waals surface area contributed by atoms with Gasteiger partial charge in [0.2, 0.25) is 0 Å². The van der Waals surface area contributed by atoms with E-state index < -0.39 is 0 Å². The standard InChI is InChI=1S/C12H16N2O3/c13-7-10-8-17-5-4-14(10)12(16)9-2-1-3-11(15)6-9/h1-3,6,10,15H,4-5,7-8,13H2. The molecule has 1 aliphatic heterocycles. The molecule has 0 spiro atoms. The van der Waals surface area contributed by atoms with Gasteiger partial charge >= 0.3 is 0 Å². The number of carbonyl (C=O) groups is 1. The predicted molar refractivity (Wildman–Crippen MR) is 62.8 cm³/mol. The molecule has 5 heteroatoms. The summed E-state index contributed by atoms with van der Waals surface area (Å²) in [5.41, 5.74) is 6.09. The molecule has 1 heterocycles. The van der Waals surface area contributed by atoms with Crippen molar-refractivity contribution >= 4 is 5.91 Å². The van der Waals surface area contributed by atoms with Gasteiger partial charge in [-0.05, 0) is 18.2 Å². The normalized spacial score (nSPS) is 20.3. The maximum atomic E-state index is 12.2. The Morgan fingerprint density at radius 3 is 3.12 bits per heavy atom. The smallest absolute Gasteiger partial charge is 0.254 e. The highest BCUT2D eigenvalue weighted by Crippen LogP contribution is 2.16. The molecule has 0 bridgehead atoms. The molecule has 1 saturated heterocycles. The van der Waals surface area contributed by atoms with Crippen molar-refractivity contribution in [3.8, 4) is 5.75 Å². The lowest BCUT2D eigenvalue weighted by Gasteiger charge is -2.34. The van der Waals surface area contributed by atoms with Crippen LogP contribution < -0.4 is 5.73 Å². The molecule has 0 aliphatic carbocycles. The largest absolute Gasteiger partial charge is 0.508 e. The Labute approximate surface area is 99.8 Å². The van der Waals surface area contributed by atoms with E-state index in [1.54, 1.807) is 17.0 Å². The lowest BCUT2D eigenvalue weighted by atomic mass is 10.1. The Kier molecular flexibility index (Phi) is 3.61. The van der Waals surface area contributed by atoms with Gasteiger partial charge in [0, 0.05) is 18.7 Å². The lowest BCUT2D eigenvalue weighted by molar-refractivity contribution is 0.000825. The second kappa shape index (κ2) is 5.16. The molecule has 0 saturated carbocycles. The predicted octanol–water partition coefficient (Wildman–Crippen LogP) is 0.192. The molecular weight excluding hydrogens is 220 g/mol. The summed E-state index contributed by atoms with van der Waals surface area (Å²) in [4.78, 5) is 13.9. The van der Waals surface area contributed by atoms with Crippen molar-refractivity contribution in [1.29, 1.82) is 0 Å². The van der Waals surface area contributed by atoms with Gasteiger partial charge in [0.15, 0.2) is 0 Å². The maximum absolute atomic E-state index is 12.2. The number of amides is 1. The zero-order valence-electron chi connectivity index (χ0n) is 9.50. The van der Waals surface area contributed by atoms with Crippen molar-refractivity contribution in [3.05, 3.63) is 29.8 Å². The van der Waals surface area contributed by atoms with Crippen molar-refractivity contribution < 1.29 is 14.6 Å². The highest BCUT2D eigenvalue weighted by atomic mass is 16.5. The van der Waals surface area contributed by atoms with Gasteiger partial charge in [0.25, 0.3) is 5.91 Å². The average molecular weight is 236 g/mol. The number of benzene rings is 1. The molecule has 17 heavy (non-hydrogen) atoms. The average Bonchev–Trinajstić information content (AvgIpc) is 2.38. The van der Waals surface area contributed by atoms with Crippen LogP contribution in [-0.4, -0.2) is 48.3 Å². The van der Waals surface area contributed by atoms with Crippen LogP contribution in [0.5, 0.6) is 5.75 Å². The molecule has 1 aromatic rings. The van der Waals surface area contributed by atoms with Gasteiger partial charge in [0.05, 0.1) is 19.3 Å². The van der Waals surface area contributed by atoms with Gasteiger partial charge in [-0.1, -0.05) is 6.07 Å². The van der Waals surface area contributed by atoms with E-state index in [0.717, 1.165) is 0 Å². The van der Waals surface area contributed by atoms with E-state index in [2.05, 4.69) is 0 Å². The minimum atomic E-state index is -0.111. The first kappa shape index (κ1) is 11.9. The zero-order chi connectivity index (χ0) is 12.3. The fourth-order valence-electron chi connectivity index (χ4n) is 1.92. The number of carbonyl (C=O) groups excluding carboxylic acids is 1. The first-order chi connectivity index (χ1) is 8.22. The number of rotatable bonds is 2. The van der Waals surface area contributed by atoms with Crippen LogP contribution in [0.3, 0.4) is 0 Å². The first-order valence-corrected chi connectivity index (χ1v) is 5.60. The molecule has 1 aliphatic rings. The van der Waals surface area contributed by atoms with Gasteiger partial charge in [-0.15, -0.1) is 0 Å². The third kappa shape index (κ3) is 2.57. The summed E-state index contributed by atoms with van der Waals surface area (Å²) in [6.07, 6.45) is 0. The Hall–Kier alpha value is -1.59. The summed E-state index contributed by atoms with van der Waals surface area (Å²) >= 11 is 0. The Morgan fingerprint density at radius 2 is 2.41 bits per heavy atom. The Balaban J connectivity index is 2.18. The number of aromatic hydroxyl groups is 1. The molecule has 0 aromatic heterocycles. The van der Waals surface area contributed by atoms with Crippen molar-refractivity contribution in [2.75, 3.05) is 26.3 Å². The van der Waals surface area contributed by atoms with Crippen molar-refractivity contribution in [3.63, 3.8) is 0 Å². The molecule has 1 unspecified atom stereocenters. The van der Waals surface area contributed by atoms with Gasteiger partial charge in [-0.2, -0.15) is 0 Å². The number of phenols is 1. The number of ether oxygens (including phenoxy) is 1. The van der Waals surface area contributed by atoms with Gasteiger partial charge in [-0.25, -0.2) is 0 Å². The Bertz CT molecular complexity index is 408. The van der Waals surface area contributed by atoms with Gasteiger partial charge in [-0.3, -0.25) is 4.79 Å². The topological polar surface area (TPSA) is 75.8 Å². The molecule has 1 aromatic carbocycles. The van der Waals surface area contributed by atoms with Crippen molar-refractivity contribution in [2.45, 2.75) is 6.04 Å². The molecule has 1 amide bonds. The Morgan fingerprint density at radius 1 is 1.59 bits per heavy atom. The van der Waals surface area contributed by atoms with E-state index in [4.69, 9.17) is 10.5 Å². The van der Waals surface area contributed by atoms with Crippen LogP contribution in [-0.2, 0) is 4.74 Å². The van der Waals surface area contributed by atoms with Gasteiger partial charge in [0.1, 0.15) is 5.75 Å². The van der Waals surface area contributed by atoms with E-state index >= 15 is 0 Å². The molecular formula is C12H16N2O3. The second-order valence-corrected chi connectivity index (χ2v) is 4.01. The van der Waals surface area contributed by atoms with E-state index in [1.165, 1.54) is 12.1 Å². The summed E-state index contributed by atoms with van der Waals surface area (Å²) in [5.74, 6) is -0.0203. The van der Waals surface area contributed by atoms with Crippen LogP contribution in [0.15, 0.2) is 24.3 Å². The minimum Gasteiger partial charge on any atom is -0.508 e. The van der Waals surface area contributed by atoms with Crippen LogP contribution in [0.25, 0.3) is 0 Å². The van der Waals surface area contributed by atoms with Crippen molar-refractivity contribution in [1.82, 2.24) is 4.90 Å². The summed E-state index contributed by atoms with van der Waals surface area (Å²) in [5, 5.41) is 9.36. The zero-order valence-corrected chi connectivity index (χ0v) is 9.50. The fraction of sp³-hybridized carbons (Fsp3) is 0.417. The molecule has 2 rings (SSSR count). The van der Waals surface area contributed by atoms with E-state index in [9.17, 15) is 9.90 Å². The molecule has 1 atom stereocenters. The summed E-state index contributed by atoms with van der Waals surface area (Å²) < 4.78 is 5.29. The van der Waals surface area contributed by atoms with Crippen LogP contribution in [0.2, 0.25) is 0 Å². The number of hydrogen-bond acceptors (Lipinski definition) is 4.